The van der Waals surface area contributed by atoms with Crippen molar-refractivity contribution in [1.29, 1.82) is 0 Å². The first kappa shape index (κ1) is 19.8. The highest BCUT2D eigenvalue weighted by Gasteiger charge is 2.25. The van der Waals surface area contributed by atoms with E-state index in [1.54, 1.807) is 46.4 Å². The molecule has 0 atom stereocenters. The Labute approximate surface area is 167 Å². The molecule has 0 unspecified atom stereocenters. The Bertz CT molecular complexity index is 831. The van der Waals surface area contributed by atoms with Gasteiger partial charge in [0.1, 0.15) is 0 Å². The molecule has 1 aromatic carbocycles. The number of hydrogen-bond donors (Lipinski definition) is 1. The Morgan fingerprint density at radius 1 is 1.11 bits per heavy atom. The van der Waals surface area contributed by atoms with Crippen molar-refractivity contribution in [2.75, 3.05) is 38.1 Å². The summed E-state index contributed by atoms with van der Waals surface area (Å²) in [6.07, 6.45) is -0.176. The van der Waals surface area contributed by atoms with Gasteiger partial charge in [-0.05, 0) is 19.1 Å². The third-order valence-corrected chi connectivity index (χ3v) is 5.11. The predicted octanol–water partition coefficient (Wildman–Crippen LogP) is 2.24. The van der Waals surface area contributed by atoms with Crippen LogP contribution in [0, 0.1) is 0 Å². The van der Waals surface area contributed by atoms with Gasteiger partial charge in [-0.3, -0.25) is 14.9 Å². The van der Waals surface area contributed by atoms with Gasteiger partial charge in [0.25, 0.3) is 5.91 Å². The van der Waals surface area contributed by atoms with Crippen LogP contribution in [-0.2, 0) is 16.0 Å². The minimum absolute atomic E-state index is 0.0465. The molecule has 1 aliphatic rings. The largest absolute Gasteiger partial charge is 0.450 e. The average molecular weight is 402 g/mol. The molecular formula is C19H22N4O4S. The number of piperazine rings is 1. The summed E-state index contributed by atoms with van der Waals surface area (Å²) in [7, 11) is 0. The van der Waals surface area contributed by atoms with Crippen molar-refractivity contribution in [3.8, 4) is 0 Å². The molecule has 8 nitrogen and oxygen atoms in total. The second kappa shape index (κ2) is 9.32. The van der Waals surface area contributed by atoms with Crippen molar-refractivity contribution in [3.05, 3.63) is 47.0 Å². The van der Waals surface area contributed by atoms with E-state index < -0.39 is 0 Å². The van der Waals surface area contributed by atoms with Crippen LogP contribution in [0.4, 0.5) is 9.93 Å². The smallest absolute Gasteiger partial charge is 0.409 e. The molecule has 1 N–H and O–H groups in total. The molecule has 2 aromatic rings. The Morgan fingerprint density at radius 3 is 2.46 bits per heavy atom. The summed E-state index contributed by atoms with van der Waals surface area (Å²) in [6, 6.07) is 8.88. The summed E-state index contributed by atoms with van der Waals surface area (Å²) >= 11 is 1.29. The number of ether oxygens (including phenoxy) is 1. The molecule has 2 heterocycles. The number of nitrogens with one attached hydrogen (secondary N) is 1. The van der Waals surface area contributed by atoms with E-state index in [1.165, 1.54) is 11.3 Å². The third-order valence-electron chi connectivity index (χ3n) is 4.30. The van der Waals surface area contributed by atoms with Crippen LogP contribution in [0.25, 0.3) is 0 Å². The summed E-state index contributed by atoms with van der Waals surface area (Å²) in [5.74, 6) is -0.280. The number of rotatable bonds is 5. The lowest BCUT2D eigenvalue weighted by molar-refractivity contribution is -0.132. The summed E-state index contributed by atoms with van der Waals surface area (Å²) in [5.41, 5.74) is 1.17. The minimum Gasteiger partial charge on any atom is -0.450 e. The van der Waals surface area contributed by atoms with Crippen LogP contribution in [0.1, 0.15) is 23.0 Å². The van der Waals surface area contributed by atoms with Crippen LogP contribution in [0.15, 0.2) is 35.7 Å². The van der Waals surface area contributed by atoms with Gasteiger partial charge in [-0.15, -0.1) is 11.3 Å². The lowest BCUT2D eigenvalue weighted by atomic mass is 10.2. The number of nitrogens with zero attached hydrogens (tertiary/aromatic N) is 3. The van der Waals surface area contributed by atoms with Gasteiger partial charge in [0.15, 0.2) is 5.13 Å². The Hall–Kier alpha value is -2.94. The molecule has 0 bridgehead atoms. The van der Waals surface area contributed by atoms with E-state index in [4.69, 9.17) is 4.74 Å². The SMILES string of the molecule is CCOC(=O)N1CCN(C(=O)Cc2csc(NC(=O)c3ccccc3)n2)CC1. The summed E-state index contributed by atoms with van der Waals surface area (Å²) in [4.78, 5) is 44.0. The first-order valence-corrected chi connectivity index (χ1v) is 9.95. The van der Waals surface area contributed by atoms with Crippen molar-refractivity contribution >= 4 is 34.4 Å². The standard InChI is InChI=1S/C19H22N4O4S/c1-2-27-19(26)23-10-8-22(9-11-23)16(24)12-15-13-28-18(20-15)21-17(25)14-6-4-3-5-7-14/h3-7,13H,2,8-12H2,1H3,(H,20,21,25). The number of aromatic nitrogens is 1. The maximum atomic E-state index is 12.5. The number of thiazole rings is 1. The van der Waals surface area contributed by atoms with E-state index in [0.29, 0.717) is 49.2 Å². The van der Waals surface area contributed by atoms with Crippen molar-refractivity contribution in [2.45, 2.75) is 13.3 Å². The van der Waals surface area contributed by atoms with E-state index in [9.17, 15) is 14.4 Å². The normalized spacial score (nSPS) is 13.9. The zero-order valence-electron chi connectivity index (χ0n) is 15.6. The van der Waals surface area contributed by atoms with Crippen LogP contribution in [0.5, 0.6) is 0 Å². The maximum absolute atomic E-state index is 12.5. The van der Waals surface area contributed by atoms with Crippen molar-refractivity contribution in [3.63, 3.8) is 0 Å². The Balaban J connectivity index is 1.49. The van der Waals surface area contributed by atoms with Gasteiger partial charge in [-0.25, -0.2) is 9.78 Å². The van der Waals surface area contributed by atoms with E-state index in [-0.39, 0.29) is 24.3 Å². The number of carbonyl (C=O) groups is 3. The molecule has 9 heteroatoms. The molecule has 1 saturated heterocycles. The van der Waals surface area contributed by atoms with E-state index in [1.807, 2.05) is 6.07 Å². The summed E-state index contributed by atoms with van der Waals surface area (Å²) in [5, 5.41) is 4.98. The number of anilines is 1. The molecular weight excluding hydrogens is 380 g/mol. The second-order valence-corrected chi connectivity index (χ2v) is 7.07. The van der Waals surface area contributed by atoms with Crippen LogP contribution in [0.2, 0.25) is 0 Å². The van der Waals surface area contributed by atoms with Crippen LogP contribution < -0.4 is 5.32 Å². The summed E-state index contributed by atoms with van der Waals surface area (Å²) in [6.45, 7) is 3.96. The molecule has 3 amide bonds. The zero-order valence-corrected chi connectivity index (χ0v) is 16.4. The molecule has 0 saturated carbocycles. The van der Waals surface area contributed by atoms with E-state index in [2.05, 4.69) is 10.3 Å². The number of benzene rings is 1. The summed E-state index contributed by atoms with van der Waals surface area (Å²) < 4.78 is 4.98. The number of hydrogen-bond acceptors (Lipinski definition) is 6. The maximum Gasteiger partial charge on any atom is 0.409 e. The fraction of sp³-hybridized carbons (Fsp3) is 0.368. The quantitative estimate of drug-likeness (QED) is 0.828. The van der Waals surface area contributed by atoms with Gasteiger partial charge in [0, 0.05) is 37.1 Å². The Morgan fingerprint density at radius 2 is 1.79 bits per heavy atom. The fourth-order valence-electron chi connectivity index (χ4n) is 2.82. The van der Waals surface area contributed by atoms with Gasteiger partial charge >= 0.3 is 6.09 Å². The van der Waals surface area contributed by atoms with Crippen molar-refractivity contribution in [1.82, 2.24) is 14.8 Å². The monoisotopic (exact) mass is 402 g/mol. The van der Waals surface area contributed by atoms with Gasteiger partial charge < -0.3 is 14.5 Å². The molecule has 28 heavy (non-hydrogen) atoms. The topological polar surface area (TPSA) is 91.8 Å². The predicted molar refractivity (Wildman–Crippen MR) is 105 cm³/mol. The first-order valence-electron chi connectivity index (χ1n) is 9.07. The fourth-order valence-corrected chi connectivity index (χ4v) is 3.53. The van der Waals surface area contributed by atoms with Gasteiger partial charge in [0.05, 0.1) is 18.7 Å². The van der Waals surface area contributed by atoms with Gasteiger partial charge in [-0.1, -0.05) is 18.2 Å². The molecule has 3 rings (SSSR count). The van der Waals surface area contributed by atoms with Crippen LogP contribution >= 0.6 is 11.3 Å². The highest BCUT2D eigenvalue weighted by molar-refractivity contribution is 7.14. The molecule has 1 aliphatic heterocycles. The van der Waals surface area contributed by atoms with Gasteiger partial charge in [-0.2, -0.15) is 0 Å². The molecule has 1 aromatic heterocycles. The lowest BCUT2D eigenvalue weighted by Crippen LogP contribution is -2.51. The van der Waals surface area contributed by atoms with Crippen LogP contribution in [-0.4, -0.2) is 65.5 Å². The molecule has 1 fully saturated rings. The molecule has 148 valence electrons. The molecule has 0 aliphatic carbocycles. The Kier molecular flexibility index (Phi) is 6.59. The van der Waals surface area contributed by atoms with Crippen molar-refractivity contribution < 1.29 is 19.1 Å². The van der Waals surface area contributed by atoms with Crippen molar-refractivity contribution in [2.24, 2.45) is 0 Å². The van der Waals surface area contributed by atoms with Crippen LogP contribution in [0.3, 0.4) is 0 Å². The lowest BCUT2D eigenvalue weighted by Gasteiger charge is -2.34. The second-order valence-electron chi connectivity index (χ2n) is 6.21. The average Bonchev–Trinajstić information content (AvgIpc) is 3.15. The van der Waals surface area contributed by atoms with E-state index in [0.717, 1.165) is 0 Å². The van der Waals surface area contributed by atoms with Gasteiger partial charge in [0.2, 0.25) is 5.91 Å². The molecule has 0 radical (unpaired) electrons. The molecule has 0 spiro atoms. The van der Waals surface area contributed by atoms with E-state index >= 15 is 0 Å². The third kappa shape index (κ3) is 5.07. The minimum atomic E-state index is -0.340. The highest BCUT2D eigenvalue weighted by atomic mass is 32.1. The first-order chi connectivity index (χ1) is 13.6. The zero-order chi connectivity index (χ0) is 19.9. The number of carbonyl (C=O) groups excluding carboxylic acids is 3. The number of amides is 3. The highest BCUT2D eigenvalue weighted by Crippen LogP contribution is 2.18.